The number of fused-ring (bicyclic) bond motifs is 1. The lowest BCUT2D eigenvalue weighted by Crippen LogP contribution is -2.29. The van der Waals surface area contributed by atoms with Crippen molar-refractivity contribution in [3.05, 3.63) is 89.0 Å². The van der Waals surface area contributed by atoms with Crippen molar-refractivity contribution >= 4 is 23.1 Å². The number of ketones is 1. The number of benzene rings is 3. The number of nitrogens with zero attached hydrogens (tertiary/aromatic N) is 1. The maximum atomic E-state index is 13.3. The Balaban J connectivity index is 1.68. The van der Waals surface area contributed by atoms with Gasteiger partial charge in [0, 0.05) is 11.3 Å². The van der Waals surface area contributed by atoms with E-state index in [2.05, 4.69) is 0 Å². The number of carbonyl (C=O) groups is 2. The van der Waals surface area contributed by atoms with E-state index in [1.807, 2.05) is 19.1 Å². The maximum absolute atomic E-state index is 13.3. The summed E-state index contributed by atoms with van der Waals surface area (Å²) in [5.74, 6) is -0.0511. The molecular formula is C27H23NO6. The lowest BCUT2D eigenvalue weighted by molar-refractivity contribution is -0.132. The largest absolute Gasteiger partial charge is 0.507 e. The quantitative estimate of drug-likeness (QED) is 0.355. The molecule has 0 aliphatic carbocycles. The summed E-state index contributed by atoms with van der Waals surface area (Å²) in [6, 6.07) is 18.6. The molecule has 7 nitrogen and oxygen atoms in total. The van der Waals surface area contributed by atoms with Crippen LogP contribution in [-0.2, 0) is 9.59 Å². The van der Waals surface area contributed by atoms with E-state index in [-0.39, 0.29) is 11.3 Å². The predicted molar refractivity (Wildman–Crippen MR) is 126 cm³/mol. The van der Waals surface area contributed by atoms with Crippen LogP contribution in [0.5, 0.6) is 17.2 Å². The van der Waals surface area contributed by atoms with Crippen molar-refractivity contribution in [2.75, 3.05) is 25.2 Å². The number of hydrogen-bond donors (Lipinski definition) is 1. The topological polar surface area (TPSA) is 85.3 Å². The summed E-state index contributed by atoms with van der Waals surface area (Å²) < 4.78 is 16.4. The Labute approximate surface area is 196 Å². The molecule has 172 valence electrons. The van der Waals surface area contributed by atoms with E-state index in [1.54, 1.807) is 61.7 Å². The Morgan fingerprint density at radius 2 is 1.62 bits per heavy atom. The van der Waals surface area contributed by atoms with Crippen molar-refractivity contribution in [2.45, 2.75) is 13.0 Å². The minimum Gasteiger partial charge on any atom is -0.507 e. The number of rotatable bonds is 4. The van der Waals surface area contributed by atoms with Crippen LogP contribution in [0.25, 0.3) is 5.76 Å². The van der Waals surface area contributed by atoms with Crippen molar-refractivity contribution < 1.29 is 28.9 Å². The van der Waals surface area contributed by atoms with Gasteiger partial charge >= 0.3 is 0 Å². The molecular weight excluding hydrogens is 434 g/mol. The van der Waals surface area contributed by atoms with Gasteiger partial charge in [-0.25, -0.2) is 0 Å². The number of aliphatic hydroxyl groups excluding tert-OH is 1. The minimum absolute atomic E-state index is 0.00687. The van der Waals surface area contributed by atoms with Gasteiger partial charge in [-0.05, 0) is 55.0 Å². The minimum atomic E-state index is -0.818. The van der Waals surface area contributed by atoms with Gasteiger partial charge in [0.2, 0.25) is 0 Å². The second kappa shape index (κ2) is 8.59. The summed E-state index contributed by atoms with van der Waals surface area (Å²) in [6.07, 6.45) is 0. The summed E-state index contributed by atoms with van der Waals surface area (Å²) in [4.78, 5) is 27.9. The number of amides is 1. The van der Waals surface area contributed by atoms with E-state index in [1.165, 1.54) is 4.90 Å². The molecule has 0 saturated carbocycles. The fourth-order valence-electron chi connectivity index (χ4n) is 4.25. The molecule has 1 N–H and O–H groups in total. The van der Waals surface area contributed by atoms with Crippen LogP contribution in [0.3, 0.4) is 0 Å². The molecule has 3 aromatic carbocycles. The van der Waals surface area contributed by atoms with Gasteiger partial charge in [0.25, 0.3) is 11.7 Å². The Morgan fingerprint density at radius 1 is 0.941 bits per heavy atom. The number of carbonyl (C=O) groups excluding carboxylic acids is 2. The molecule has 5 rings (SSSR count). The molecule has 34 heavy (non-hydrogen) atoms. The highest BCUT2D eigenvalue weighted by atomic mass is 16.6. The molecule has 1 fully saturated rings. The lowest BCUT2D eigenvalue weighted by atomic mass is 9.95. The monoisotopic (exact) mass is 457 g/mol. The SMILES string of the molecule is COc1ccc(C2/C(=C(/O)c3ccc4c(c3)OCCO4)C(=O)C(=O)N2c2ccc(C)cc2)cc1. The second-order valence-electron chi connectivity index (χ2n) is 8.14. The molecule has 1 atom stereocenters. The van der Waals surface area contributed by atoms with Crippen LogP contribution in [0.2, 0.25) is 0 Å². The lowest BCUT2D eigenvalue weighted by Gasteiger charge is -2.26. The van der Waals surface area contributed by atoms with Gasteiger partial charge < -0.3 is 19.3 Å². The summed E-state index contributed by atoms with van der Waals surface area (Å²) >= 11 is 0. The molecule has 1 unspecified atom stereocenters. The number of methoxy groups -OCH3 is 1. The number of aryl methyl sites for hydroxylation is 1. The van der Waals surface area contributed by atoms with Crippen LogP contribution < -0.4 is 19.1 Å². The molecule has 0 spiro atoms. The molecule has 3 aromatic rings. The van der Waals surface area contributed by atoms with Gasteiger partial charge in [-0.1, -0.05) is 29.8 Å². The molecule has 0 radical (unpaired) electrons. The molecule has 2 aliphatic heterocycles. The Kier molecular flexibility index (Phi) is 5.45. The van der Waals surface area contributed by atoms with Gasteiger partial charge in [0.15, 0.2) is 11.5 Å². The van der Waals surface area contributed by atoms with E-state index in [0.29, 0.717) is 47.3 Å². The summed E-state index contributed by atoms with van der Waals surface area (Å²) in [6.45, 7) is 2.78. The van der Waals surface area contributed by atoms with Gasteiger partial charge in [-0.15, -0.1) is 0 Å². The number of aliphatic hydroxyl groups is 1. The summed E-state index contributed by atoms with van der Waals surface area (Å²) in [5, 5.41) is 11.3. The summed E-state index contributed by atoms with van der Waals surface area (Å²) in [5.41, 5.74) is 2.63. The van der Waals surface area contributed by atoms with Gasteiger partial charge in [0.1, 0.15) is 24.7 Å². The summed E-state index contributed by atoms with van der Waals surface area (Å²) in [7, 11) is 1.56. The third kappa shape index (κ3) is 3.65. The predicted octanol–water partition coefficient (Wildman–Crippen LogP) is 4.40. The molecule has 0 aromatic heterocycles. The second-order valence-corrected chi connectivity index (χ2v) is 8.14. The van der Waals surface area contributed by atoms with Crippen molar-refractivity contribution in [3.8, 4) is 17.2 Å². The van der Waals surface area contributed by atoms with E-state index >= 15 is 0 Å². The highest BCUT2D eigenvalue weighted by Crippen LogP contribution is 2.43. The van der Waals surface area contributed by atoms with E-state index in [0.717, 1.165) is 5.56 Å². The average molecular weight is 457 g/mol. The highest BCUT2D eigenvalue weighted by Gasteiger charge is 2.47. The molecule has 7 heteroatoms. The van der Waals surface area contributed by atoms with E-state index in [9.17, 15) is 14.7 Å². The molecule has 1 amide bonds. The van der Waals surface area contributed by atoms with Crippen LogP contribution in [-0.4, -0.2) is 37.1 Å². The Hall–Kier alpha value is -4.26. The first-order valence-corrected chi connectivity index (χ1v) is 10.9. The third-order valence-corrected chi connectivity index (χ3v) is 6.00. The van der Waals surface area contributed by atoms with Crippen molar-refractivity contribution in [1.29, 1.82) is 0 Å². The third-order valence-electron chi connectivity index (χ3n) is 6.00. The molecule has 2 aliphatic rings. The zero-order chi connectivity index (χ0) is 23.8. The van der Waals surface area contributed by atoms with Crippen LogP contribution >= 0.6 is 0 Å². The number of anilines is 1. The van der Waals surface area contributed by atoms with Crippen molar-refractivity contribution in [1.82, 2.24) is 0 Å². The Morgan fingerprint density at radius 3 is 2.29 bits per heavy atom. The molecule has 2 heterocycles. The van der Waals surface area contributed by atoms with E-state index < -0.39 is 17.7 Å². The van der Waals surface area contributed by atoms with Crippen LogP contribution in [0, 0.1) is 6.92 Å². The van der Waals surface area contributed by atoms with Crippen molar-refractivity contribution in [3.63, 3.8) is 0 Å². The van der Waals surface area contributed by atoms with Crippen molar-refractivity contribution in [2.24, 2.45) is 0 Å². The number of Topliss-reactive ketones (excluding diaryl/α,β-unsaturated/α-hetero) is 1. The van der Waals surface area contributed by atoms with Crippen LogP contribution in [0.15, 0.2) is 72.3 Å². The van der Waals surface area contributed by atoms with Crippen LogP contribution in [0.1, 0.15) is 22.7 Å². The Bertz CT molecular complexity index is 1290. The molecule has 0 bridgehead atoms. The standard InChI is InChI=1S/C27H23NO6/c1-16-3-8-19(9-4-16)28-24(17-5-10-20(32-2)11-6-17)23(26(30)27(28)31)25(29)18-7-12-21-22(15-18)34-14-13-33-21/h3-12,15,24,29H,13-14H2,1-2H3/b25-23-. The smallest absolute Gasteiger partial charge is 0.300 e. The van der Waals surface area contributed by atoms with Gasteiger partial charge in [0.05, 0.1) is 18.7 Å². The van der Waals surface area contributed by atoms with Gasteiger partial charge in [-0.3, -0.25) is 14.5 Å². The first-order chi connectivity index (χ1) is 16.5. The average Bonchev–Trinajstić information content (AvgIpc) is 3.14. The van der Waals surface area contributed by atoms with Crippen LogP contribution in [0.4, 0.5) is 5.69 Å². The molecule has 1 saturated heterocycles. The zero-order valence-electron chi connectivity index (χ0n) is 18.8. The first kappa shape index (κ1) is 21.6. The zero-order valence-corrected chi connectivity index (χ0v) is 18.8. The number of hydrogen-bond acceptors (Lipinski definition) is 6. The van der Waals surface area contributed by atoms with E-state index in [4.69, 9.17) is 14.2 Å². The van der Waals surface area contributed by atoms with Gasteiger partial charge in [-0.2, -0.15) is 0 Å². The fraction of sp³-hybridized carbons (Fsp3) is 0.185. The maximum Gasteiger partial charge on any atom is 0.300 e. The normalized spacial score (nSPS) is 18.8. The fourth-order valence-corrected chi connectivity index (χ4v) is 4.25. The first-order valence-electron chi connectivity index (χ1n) is 10.9. The number of ether oxygens (including phenoxy) is 3. The highest BCUT2D eigenvalue weighted by molar-refractivity contribution is 6.51.